The third-order valence-electron chi connectivity index (χ3n) is 5.38. The van der Waals surface area contributed by atoms with Crippen LogP contribution in [0, 0.1) is 0 Å². The standard InChI is InChI=1S/C23H21BrN6O.C2H6/c1-14-12-30(7-8-31-14)20-6-5-16(11-26-20)19-10-18(15-3-2-4-17(24)9-15)21-22(25)27-13-28-23(21)29-19;1-2/h2-6,9-11,13-14H,7-8,12H2,1H3,(H2,25,27,28,29);1-2H3. The van der Waals surface area contributed by atoms with Crippen LogP contribution in [0.2, 0.25) is 0 Å². The predicted molar refractivity (Wildman–Crippen MR) is 137 cm³/mol. The Bertz CT molecular complexity index is 1250. The molecule has 2 N–H and O–H groups in total. The van der Waals surface area contributed by atoms with Gasteiger partial charge < -0.3 is 15.4 Å². The van der Waals surface area contributed by atoms with Crippen LogP contribution in [0.25, 0.3) is 33.4 Å². The second-order valence-corrected chi connectivity index (χ2v) is 8.47. The van der Waals surface area contributed by atoms with Gasteiger partial charge in [0.1, 0.15) is 18.0 Å². The predicted octanol–water partition coefficient (Wildman–Crippen LogP) is 5.35. The average molecular weight is 507 g/mol. The molecule has 0 radical (unpaired) electrons. The van der Waals surface area contributed by atoms with Crippen molar-refractivity contribution in [2.75, 3.05) is 30.3 Å². The maximum Gasteiger partial charge on any atom is 0.165 e. The Hall–Kier alpha value is -3.10. The molecule has 1 aromatic carbocycles. The Morgan fingerprint density at radius 1 is 1.06 bits per heavy atom. The smallest absolute Gasteiger partial charge is 0.165 e. The van der Waals surface area contributed by atoms with E-state index in [1.165, 1.54) is 6.33 Å². The molecule has 1 atom stereocenters. The zero-order valence-electron chi connectivity index (χ0n) is 19.0. The fraction of sp³-hybridized carbons (Fsp3) is 0.280. The zero-order chi connectivity index (χ0) is 23.4. The van der Waals surface area contributed by atoms with E-state index < -0.39 is 0 Å². The minimum Gasteiger partial charge on any atom is -0.383 e. The Kier molecular flexibility index (Phi) is 7.15. The summed E-state index contributed by atoms with van der Waals surface area (Å²) in [7, 11) is 0. The van der Waals surface area contributed by atoms with Gasteiger partial charge >= 0.3 is 0 Å². The number of ether oxygens (including phenoxy) is 1. The van der Waals surface area contributed by atoms with Crippen molar-refractivity contribution < 1.29 is 4.74 Å². The first-order valence-electron chi connectivity index (χ1n) is 11.1. The maximum absolute atomic E-state index is 6.20. The monoisotopic (exact) mass is 506 g/mol. The molecule has 170 valence electrons. The Balaban J connectivity index is 0.00000126. The van der Waals surface area contributed by atoms with Gasteiger partial charge in [0, 0.05) is 29.3 Å². The lowest BCUT2D eigenvalue weighted by Gasteiger charge is -2.32. The van der Waals surface area contributed by atoms with Gasteiger partial charge in [-0.05, 0) is 48.4 Å². The number of fused-ring (bicyclic) bond motifs is 1. The van der Waals surface area contributed by atoms with Gasteiger partial charge in [0.15, 0.2) is 5.65 Å². The molecule has 8 heteroatoms. The highest BCUT2D eigenvalue weighted by molar-refractivity contribution is 9.10. The van der Waals surface area contributed by atoms with Crippen molar-refractivity contribution in [3.05, 3.63) is 59.5 Å². The summed E-state index contributed by atoms with van der Waals surface area (Å²) in [6.45, 7) is 8.47. The first kappa shape index (κ1) is 23.1. The second kappa shape index (κ2) is 10.2. The first-order chi connectivity index (χ1) is 16.1. The number of hydrogen-bond acceptors (Lipinski definition) is 7. The second-order valence-electron chi connectivity index (χ2n) is 7.56. The molecule has 4 aromatic rings. The van der Waals surface area contributed by atoms with Crippen LogP contribution in [0.5, 0.6) is 0 Å². The molecular weight excluding hydrogens is 480 g/mol. The van der Waals surface area contributed by atoms with E-state index in [-0.39, 0.29) is 6.10 Å². The van der Waals surface area contributed by atoms with Gasteiger partial charge in [-0.2, -0.15) is 0 Å². The number of nitrogens with two attached hydrogens (primary N) is 1. The van der Waals surface area contributed by atoms with Crippen LogP contribution in [0.3, 0.4) is 0 Å². The number of halogens is 1. The van der Waals surface area contributed by atoms with E-state index in [2.05, 4.69) is 37.7 Å². The van der Waals surface area contributed by atoms with Crippen molar-refractivity contribution in [1.29, 1.82) is 0 Å². The highest BCUT2D eigenvalue weighted by atomic mass is 79.9. The molecule has 4 heterocycles. The van der Waals surface area contributed by atoms with Crippen LogP contribution in [0.4, 0.5) is 11.6 Å². The quantitative estimate of drug-likeness (QED) is 0.400. The van der Waals surface area contributed by atoms with Crippen LogP contribution in [0.1, 0.15) is 20.8 Å². The molecule has 33 heavy (non-hydrogen) atoms. The maximum atomic E-state index is 6.20. The van der Waals surface area contributed by atoms with Gasteiger partial charge in [-0.25, -0.2) is 19.9 Å². The number of hydrogen-bond donors (Lipinski definition) is 1. The van der Waals surface area contributed by atoms with E-state index in [0.717, 1.165) is 51.2 Å². The zero-order valence-corrected chi connectivity index (χ0v) is 20.6. The Morgan fingerprint density at radius 3 is 2.64 bits per heavy atom. The highest BCUT2D eigenvalue weighted by Gasteiger charge is 2.18. The van der Waals surface area contributed by atoms with Crippen molar-refractivity contribution in [1.82, 2.24) is 19.9 Å². The van der Waals surface area contributed by atoms with Gasteiger partial charge in [0.25, 0.3) is 0 Å². The molecule has 0 aliphatic carbocycles. The van der Waals surface area contributed by atoms with E-state index in [0.29, 0.717) is 18.1 Å². The van der Waals surface area contributed by atoms with Crippen LogP contribution in [0.15, 0.2) is 59.5 Å². The van der Waals surface area contributed by atoms with Crippen molar-refractivity contribution in [3.63, 3.8) is 0 Å². The molecule has 0 bridgehead atoms. The molecule has 5 rings (SSSR count). The topological polar surface area (TPSA) is 90.1 Å². The molecule has 1 aliphatic rings. The fourth-order valence-electron chi connectivity index (χ4n) is 3.87. The van der Waals surface area contributed by atoms with Gasteiger partial charge in [-0.3, -0.25) is 0 Å². The summed E-state index contributed by atoms with van der Waals surface area (Å²) in [6.07, 6.45) is 3.51. The van der Waals surface area contributed by atoms with Crippen LogP contribution in [-0.2, 0) is 4.74 Å². The molecule has 0 saturated carbocycles. The van der Waals surface area contributed by atoms with Crippen molar-refractivity contribution in [2.45, 2.75) is 26.9 Å². The third kappa shape index (κ3) is 4.96. The van der Waals surface area contributed by atoms with Crippen molar-refractivity contribution in [3.8, 4) is 22.4 Å². The van der Waals surface area contributed by atoms with Crippen LogP contribution in [-0.4, -0.2) is 45.7 Å². The van der Waals surface area contributed by atoms with Gasteiger partial charge in [0.2, 0.25) is 0 Å². The summed E-state index contributed by atoms with van der Waals surface area (Å²) in [4.78, 5) is 20.2. The van der Waals surface area contributed by atoms with Crippen LogP contribution >= 0.6 is 15.9 Å². The number of nitrogens with zero attached hydrogens (tertiary/aromatic N) is 5. The summed E-state index contributed by atoms with van der Waals surface area (Å²) >= 11 is 3.55. The number of benzene rings is 1. The normalized spacial score (nSPS) is 15.8. The lowest BCUT2D eigenvalue weighted by atomic mass is 10.0. The average Bonchev–Trinajstić information content (AvgIpc) is 2.85. The summed E-state index contributed by atoms with van der Waals surface area (Å²) in [5, 5.41) is 0.747. The molecule has 1 unspecified atom stereocenters. The SMILES string of the molecule is CC.CC1CN(c2ccc(-c3cc(-c4cccc(Br)c4)c4c(N)ncnc4n3)cn2)CCO1. The minimum absolute atomic E-state index is 0.204. The molecular formula is C25H27BrN6O. The van der Waals surface area contributed by atoms with E-state index in [9.17, 15) is 0 Å². The number of morpholine rings is 1. The van der Waals surface area contributed by atoms with Crippen molar-refractivity contribution in [2.24, 2.45) is 0 Å². The molecule has 1 fully saturated rings. The molecule has 3 aromatic heterocycles. The van der Waals surface area contributed by atoms with Gasteiger partial charge in [-0.1, -0.05) is 41.9 Å². The molecule has 1 aliphatic heterocycles. The van der Waals surface area contributed by atoms with E-state index in [4.69, 9.17) is 20.4 Å². The third-order valence-corrected chi connectivity index (χ3v) is 5.87. The fourth-order valence-corrected chi connectivity index (χ4v) is 4.27. The first-order valence-corrected chi connectivity index (χ1v) is 11.9. The summed E-state index contributed by atoms with van der Waals surface area (Å²) < 4.78 is 6.62. The molecule has 7 nitrogen and oxygen atoms in total. The largest absolute Gasteiger partial charge is 0.383 e. The number of pyridine rings is 2. The van der Waals surface area contributed by atoms with Crippen molar-refractivity contribution >= 4 is 38.6 Å². The summed E-state index contributed by atoms with van der Waals surface area (Å²) in [5.41, 5.74) is 10.4. The van der Waals surface area contributed by atoms with E-state index in [1.807, 2.05) is 62.5 Å². The van der Waals surface area contributed by atoms with E-state index >= 15 is 0 Å². The molecule has 1 saturated heterocycles. The number of rotatable bonds is 3. The number of nitrogen functional groups attached to an aromatic ring is 1. The lowest BCUT2D eigenvalue weighted by molar-refractivity contribution is 0.0529. The van der Waals surface area contributed by atoms with Crippen LogP contribution < -0.4 is 10.6 Å². The molecule has 0 spiro atoms. The summed E-state index contributed by atoms with van der Waals surface area (Å²) in [6, 6.07) is 14.2. The Labute approximate surface area is 202 Å². The van der Waals surface area contributed by atoms with E-state index in [1.54, 1.807) is 0 Å². The van der Waals surface area contributed by atoms with Gasteiger partial charge in [0.05, 0.1) is 23.8 Å². The minimum atomic E-state index is 0.204. The summed E-state index contributed by atoms with van der Waals surface area (Å²) in [5.74, 6) is 1.35. The van der Waals surface area contributed by atoms with Gasteiger partial charge in [-0.15, -0.1) is 0 Å². The Morgan fingerprint density at radius 2 is 1.91 bits per heavy atom. The number of anilines is 2. The lowest BCUT2D eigenvalue weighted by Crippen LogP contribution is -2.41. The molecule has 0 amide bonds. The number of aromatic nitrogens is 4. The highest BCUT2D eigenvalue weighted by Crippen LogP contribution is 2.34.